The Morgan fingerprint density at radius 3 is 2.78 bits per heavy atom. The number of fused-ring (bicyclic) bond motifs is 3. The van der Waals surface area contributed by atoms with Crippen LogP contribution in [0.25, 0.3) is 0 Å². The van der Waals surface area contributed by atoms with Crippen molar-refractivity contribution in [2.75, 3.05) is 22.9 Å². The molecule has 1 aromatic heterocycles. The summed E-state index contributed by atoms with van der Waals surface area (Å²) in [5.41, 5.74) is 2.12. The Bertz CT molecular complexity index is 747. The number of para-hydroxylation sites is 2. The lowest BCUT2D eigenvalue weighted by Gasteiger charge is -2.46. The number of carbonyl (C=O) groups excluding carboxylic acids is 1. The van der Waals surface area contributed by atoms with Crippen molar-refractivity contribution in [3.8, 4) is 5.75 Å². The number of piperidine rings is 1. The molecule has 1 aromatic carbocycles. The molecule has 1 fully saturated rings. The van der Waals surface area contributed by atoms with Gasteiger partial charge in [0.05, 0.1) is 11.4 Å². The van der Waals surface area contributed by atoms with E-state index in [4.69, 9.17) is 0 Å². The molecule has 5 nitrogen and oxygen atoms in total. The number of aromatic hydroxyl groups is 1. The molecule has 1 atom stereocenters. The molecule has 0 spiro atoms. The molecule has 1 saturated heterocycles. The highest BCUT2D eigenvalue weighted by atomic mass is 16.3. The van der Waals surface area contributed by atoms with Crippen LogP contribution in [0.1, 0.15) is 29.8 Å². The minimum atomic E-state index is -0.235. The van der Waals surface area contributed by atoms with Crippen molar-refractivity contribution in [2.45, 2.75) is 25.3 Å². The number of hydrogen-bond donors (Lipinski definition) is 1. The van der Waals surface area contributed by atoms with Crippen molar-refractivity contribution in [3.63, 3.8) is 0 Å². The van der Waals surface area contributed by atoms with Crippen molar-refractivity contribution >= 4 is 17.3 Å². The molecule has 0 unspecified atom stereocenters. The van der Waals surface area contributed by atoms with Gasteiger partial charge in [-0.25, -0.2) is 4.98 Å². The van der Waals surface area contributed by atoms with Crippen LogP contribution >= 0.6 is 0 Å². The standard InChI is InChI=1S/C18H19N3O2/c22-16-9-5-10-19-17(16)18(23)21-12-13-6-3-4-11-20(13)14-7-1-2-8-15(14)21/h1-2,5,7-10,13,22H,3-4,6,11-12H2/t13-/m0/s1. The summed E-state index contributed by atoms with van der Waals surface area (Å²) in [6, 6.07) is 11.5. The number of pyridine rings is 1. The first-order chi connectivity index (χ1) is 11.3. The summed E-state index contributed by atoms with van der Waals surface area (Å²) in [7, 11) is 0. The van der Waals surface area contributed by atoms with Gasteiger partial charge in [-0.05, 0) is 43.5 Å². The number of rotatable bonds is 1. The highest BCUT2D eigenvalue weighted by Crippen LogP contribution is 2.39. The van der Waals surface area contributed by atoms with Gasteiger partial charge in [-0.15, -0.1) is 0 Å². The maximum Gasteiger partial charge on any atom is 0.280 e. The first-order valence-electron chi connectivity index (χ1n) is 8.07. The fraction of sp³-hybridized carbons (Fsp3) is 0.333. The summed E-state index contributed by atoms with van der Waals surface area (Å²) in [6.07, 6.45) is 5.02. The van der Waals surface area contributed by atoms with Crippen LogP contribution in [0.5, 0.6) is 5.75 Å². The summed E-state index contributed by atoms with van der Waals surface area (Å²) in [5, 5.41) is 9.97. The molecule has 0 aliphatic carbocycles. The molecule has 3 heterocycles. The van der Waals surface area contributed by atoms with Gasteiger partial charge in [-0.2, -0.15) is 0 Å². The zero-order valence-electron chi connectivity index (χ0n) is 12.9. The van der Waals surface area contributed by atoms with Gasteiger partial charge in [-0.3, -0.25) is 4.79 Å². The minimum absolute atomic E-state index is 0.0685. The number of carbonyl (C=O) groups is 1. The van der Waals surface area contributed by atoms with Gasteiger partial charge >= 0.3 is 0 Å². The van der Waals surface area contributed by atoms with E-state index in [1.165, 1.54) is 25.1 Å². The Balaban J connectivity index is 1.76. The number of benzene rings is 1. The predicted octanol–water partition coefficient (Wildman–Crippen LogP) is 2.81. The van der Waals surface area contributed by atoms with Crippen molar-refractivity contribution in [1.82, 2.24) is 4.98 Å². The number of anilines is 2. The molecule has 5 heteroatoms. The molecule has 4 rings (SSSR count). The van der Waals surface area contributed by atoms with Gasteiger partial charge in [0.15, 0.2) is 5.69 Å². The summed E-state index contributed by atoms with van der Waals surface area (Å²) in [5.74, 6) is -0.304. The Labute approximate surface area is 135 Å². The molecule has 2 aromatic rings. The van der Waals surface area contributed by atoms with Gasteiger partial charge in [0.25, 0.3) is 5.91 Å². The highest BCUT2D eigenvalue weighted by Gasteiger charge is 2.35. The maximum atomic E-state index is 12.9. The van der Waals surface area contributed by atoms with Gasteiger partial charge in [-0.1, -0.05) is 12.1 Å². The van der Waals surface area contributed by atoms with Gasteiger partial charge in [0.2, 0.25) is 0 Å². The summed E-state index contributed by atoms with van der Waals surface area (Å²) >= 11 is 0. The SMILES string of the molecule is O=C(c1ncccc1O)N1C[C@@H]2CCCCN2c2ccccc21. The second kappa shape index (κ2) is 5.57. The third-order valence-corrected chi connectivity index (χ3v) is 4.74. The van der Waals surface area contributed by atoms with Gasteiger partial charge in [0.1, 0.15) is 5.75 Å². The second-order valence-electron chi connectivity index (χ2n) is 6.12. The summed E-state index contributed by atoms with van der Waals surface area (Å²) in [4.78, 5) is 21.2. The molecule has 0 radical (unpaired) electrons. The largest absolute Gasteiger partial charge is 0.505 e. The Hall–Kier alpha value is -2.56. The topological polar surface area (TPSA) is 56.7 Å². The third-order valence-electron chi connectivity index (χ3n) is 4.74. The zero-order chi connectivity index (χ0) is 15.8. The van der Waals surface area contributed by atoms with E-state index in [-0.39, 0.29) is 17.4 Å². The summed E-state index contributed by atoms with van der Waals surface area (Å²) in [6.45, 7) is 1.68. The molecule has 0 bridgehead atoms. The molecule has 118 valence electrons. The highest BCUT2D eigenvalue weighted by molar-refractivity contribution is 6.08. The zero-order valence-corrected chi connectivity index (χ0v) is 12.9. The molecule has 1 amide bonds. The monoisotopic (exact) mass is 309 g/mol. The average molecular weight is 309 g/mol. The van der Waals surface area contributed by atoms with E-state index in [9.17, 15) is 9.90 Å². The molecular formula is C18H19N3O2. The van der Waals surface area contributed by atoms with Crippen molar-refractivity contribution in [2.24, 2.45) is 0 Å². The van der Waals surface area contributed by atoms with Crippen LogP contribution in [0.3, 0.4) is 0 Å². The molecule has 1 N–H and O–H groups in total. The molecular weight excluding hydrogens is 290 g/mol. The number of amides is 1. The fourth-order valence-corrected chi connectivity index (χ4v) is 3.63. The van der Waals surface area contributed by atoms with Crippen LogP contribution in [0, 0.1) is 0 Å². The van der Waals surface area contributed by atoms with Crippen LogP contribution in [-0.2, 0) is 0 Å². The molecule has 23 heavy (non-hydrogen) atoms. The minimum Gasteiger partial charge on any atom is -0.505 e. The molecule has 2 aliphatic rings. The summed E-state index contributed by atoms with van der Waals surface area (Å²) < 4.78 is 0. The van der Waals surface area contributed by atoms with E-state index in [2.05, 4.69) is 16.0 Å². The Morgan fingerprint density at radius 1 is 1.13 bits per heavy atom. The van der Waals surface area contributed by atoms with E-state index in [0.717, 1.165) is 24.3 Å². The third kappa shape index (κ3) is 2.32. The lowest BCUT2D eigenvalue weighted by Crippen LogP contribution is -2.53. The van der Waals surface area contributed by atoms with Gasteiger partial charge < -0.3 is 14.9 Å². The van der Waals surface area contributed by atoms with Crippen LogP contribution in [-0.4, -0.2) is 35.1 Å². The van der Waals surface area contributed by atoms with Crippen molar-refractivity contribution in [3.05, 3.63) is 48.3 Å². The Morgan fingerprint density at radius 2 is 1.96 bits per heavy atom. The quantitative estimate of drug-likeness (QED) is 0.880. The van der Waals surface area contributed by atoms with E-state index in [1.807, 2.05) is 18.2 Å². The first-order valence-corrected chi connectivity index (χ1v) is 8.07. The van der Waals surface area contributed by atoms with Crippen LogP contribution < -0.4 is 9.80 Å². The second-order valence-corrected chi connectivity index (χ2v) is 6.12. The number of aromatic nitrogens is 1. The van der Waals surface area contributed by atoms with E-state index >= 15 is 0 Å². The van der Waals surface area contributed by atoms with Crippen LogP contribution in [0.15, 0.2) is 42.6 Å². The number of hydrogen-bond acceptors (Lipinski definition) is 4. The van der Waals surface area contributed by atoms with Crippen LogP contribution in [0.4, 0.5) is 11.4 Å². The molecule has 2 aliphatic heterocycles. The van der Waals surface area contributed by atoms with Crippen LogP contribution in [0.2, 0.25) is 0 Å². The van der Waals surface area contributed by atoms with Crippen molar-refractivity contribution in [1.29, 1.82) is 0 Å². The number of nitrogens with zero attached hydrogens (tertiary/aromatic N) is 3. The van der Waals surface area contributed by atoms with Gasteiger partial charge in [0, 0.05) is 25.3 Å². The Kier molecular flexibility index (Phi) is 3.41. The maximum absolute atomic E-state index is 12.9. The lowest BCUT2D eigenvalue weighted by atomic mass is 9.96. The predicted molar refractivity (Wildman–Crippen MR) is 89.0 cm³/mol. The fourth-order valence-electron chi connectivity index (χ4n) is 3.63. The van der Waals surface area contributed by atoms with Crippen molar-refractivity contribution < 1.29 is 9.90 Å². The van der Waals surface area contributed by atoms with E-state index < -0.39 is 0 Å². The first kappa shape index (κ1) is 14.1. The smallest absolute Gasteiger partial charge is 0.280 e. The average Bonchev–Trinajstić information content (AvgIpc) is 2.61. The van der Waals surface area contributed by atoms with E-state index in [1.54, 1.807) is 11.0 Å². The normalized spacial score (nSPS) is 19.9. The lowest BCUT2D eigenvalue weighted by molar-refractivity contribution is 0.0975. The van der Waals surface area contributed by atoms with E-state index in [0.29, 0.717) is 12.6 Å². The molecule has 0 saturated carbocycles.